The topological polar surface area (TPSA) is 90.3 Å². The van der Waals surface area contributed by atoms with E-state index >= 15 is 0 Å². The third-order valence-electron chi connectivity index (χ3n) is 4.49. The van der Waals surface area contributed by atoms with Crippen LogP contribution in [0.4, 0.5) is 4.79 Å². The molecule has 1 aromatic carbocycles. The number of aromatic nitrogens is 3. The molecule has 0 fully saturated rings. The maximum atomic E-state index is 12.0. The highest BCUT2D eigenvalue weighted by atomic mass is 16.5. The molecule has 8 heteroatoms. The van der Waals surface area contributed by atoms with Crippen molar-refractivity contribution in [1.29, 1.82) is 0 Å². The number of urea groups is 1. The summed E-state index contributed by atoms with van der Waals surface area (Å²) in [5, 5.41) is 14.1. The third kappa shape index (κ3) is 4.25. The van der Waals surface area contributed by atoms with Crippen LogP contribution in [0.2, 0.25) is 0 Å². The van der Waals surface area contributed by atoms with Crippen LogP contribution in [0.5, 0.6) is 11.5 Å². The second kappa shape index (κ2) is 8.55. The fourth-order valence-corrected chi connectivity index (χ4v) is 3.08. The summed E-state index contributed by atoms with van der Waals surface area (Å²) in [5.74, 6) is 3.21. The molecule has 0 saturated heterocycles. The lowest BCUT2D eigenvalue weighted by molar-refractivity contribution is 0.240. The Morgan fingerprint density at radius 2 is 2.00 bits per heavy atom. The molecule has 1 aliphatic rings. The molecule has 2 heterocycles. The summed E-state index contributed by atoms with van der Waals surface area (Å²) in [6.45, 7) is 1.84. The van der Waals surface area contributed by atoms with Crippen molar-refractivity contribution in [2.24, 2.45) is 0 Å². The van der Waals surface area contributed by atoms with E-state index in [4.69, 9.17) is 9.47 Å². The number of carbonyl (C=O) groups is 1. The van der Waals surface area contributed by atoms with Crippen LogP contribution in [0, 0.1) is 0 Å². The summed E-state index contributed by atoms with van der Waals surface area (Å²) < 4.78 is 12.6. The van der Waals surface area contributed by atoms with Crippen LogP contribution in [0.3, 0.4) is 0 Å². The number of fused-ring (bicyclic) bond motifs is 1. The predicted molar refractivity (Wildman–Crippen MR) is 96.4 cm³/mol. The number of carbonyl (C=O) groups excluding carboxylic acids is 1. The zero-order chi connectivity index (χ0) is 18.4. The van der Waals surface area contributed by atoms with Crippen LogP contribution in [-0.4, -0.2) is 41.6 Å². The maximum absolute atomic E-state index is 12.0. The monoisotopic (exact) mass is 359 g/mol. The minimum absolute atomic E-state index is 0.210. The van der Waals surface area contributed by atoms with E-state index in [1.54, 1.807) is 14.2 Å². The van der Waals surface area contributed by atoms with Crippen molar-refractivity contribution in [3.05, 3.63) is 35.4 Å². The lowest BCUT2D eigenvalue weighted by Gasteiger charge is -2.15. The van der Waals surface area contributed by atoms with E-state index in [2.05, 4.69) is 25.4 Å². The fourth-order valence-electron chi connectivity index (χ4n) is 3.08. The van der Waals surface area contributed by atoms with Crippen molar-refractivity contribution >= 4 is 6.03 Å². The summed E-state index contributed by atoms with van der Waals surface area (Å²) in [4.78, 5) is 12.0. The van der Waals surface area contributed by atoms with Gasteiger partial charge in [-0.2, -0.15) is 0 Å². The van der Waals surface area contributed by atoms with Crippen molar-refractivity contribution in [2.75, 3.05) is 20.8 Å². The number of benzene rings is 1. The van der Waals surface area contributed by atoms with Crippen LogP contribution in [-0.2, 0) is 25.9 Å². The summed E-state index contributed by atoms with van der Waals surface area (Å²) in [6, 6.07) is 5.53. The Bertz CT molecular complexity index is 759. The average molecular weight is 359 g/mol. The van der Waals surface area contributed by atoms with Crippen molar-refractivity contribution in [3.8, 4) is 11.5 Å². The SMILES string of the molecule is COc1ccc(CCNC(=O)NCc2nnc3n2CCCC3)cc1OC. The quantitative estimate of drug-likeness (QED) is 0.785. The Morgan fingerprint density at radius 1 is 1.15 bits per heavy atom. The molecule has 140 valence electrons. The number of hydrogen-bond donors (Lipinski definition) is 2. The largest absolute Gasteiger partial charge is 0.493 e. The molecule has 2 amide bonds. The van der Waals surface area contributed by atoms with E-state index < -0.39 is 0 Å². The van der Waals surface area contributed by atoms with Crippen molar-refractivity contribution < 1.29 is 14.3 Å². The lowest BCUT2D eigenvalue weighted by Crippen LogP contribution is -2.36. The van der Waals surface area contributed by atoms with E-state index in [-0.39, 0.29) is 6.03 Å². The molecular formula is C18H25N5O3. The second-order valence-corrected chi connectivity index (χ2v) is 6.19. The standard InChI is InChI=1S/C18H25N5O3/c1-25-14-7-6-13(11-15(14)26-2)8-9-19-18(24)20-12-17-22-21-16-5-3-4-10-23(16)17/h6-7,11H,3-5,8-10,12H2,1-2H3,(H2,19,20,24). The van der Waals surface area contributed by atoms with Gasteiger partial charge in [0.2, 0.25) is 0 Å². The molecule has 1 aromatic heterocycles. The van der Waals surface area contributed by atoms with Crippen molar-refractivity contribution in [3.63, 3.8) is 0 Å². The Balaban J connectivity index is 1.44. The van der Waals surface area contributed by atoms with Crippen LogP contribution in [0.1, 0.15) is 30.1 Å². The number of ether oxygens (including phenoxy) is 2. The van der Waals surface area contributed by atoms with E-state index in [1.165, 1.54) is 0 Å². The summed E-state index contributed by atoms with van der Waals surface area (Å²) in [7, 11) is 3.21. The molecular weight excluding hydrogens is 334 g/mol. The third-order valence-corrected chi connectivity index (χ3v) is 4.49. The number of nitrogens with one attached hydrogen (secondary N) is 2. The highest BCUT2D eigenvalue weighted by molar-refractivity contribution is 5.73. The van der Waals surface area contributed by atoms with Gasteiger partial charge in [0.1, 0.15) is 5.82 Å². The molecule has 2 aromatic rings. The first-order valence-corrected chi connectivity index (χ1v) is 8.85. The molecule has 0 atom stereocenters. The Labute approximate surface area is 152 Å². The molecule has 2 N–H and O–H groups in total. The number of nitrogens with zero attached hydrogens (tertiary/aromatic N) is 3. The number of aryl methyl sites for hydroxylation is 1. The molecule has 1 aliphatic heterocycles. The Hall–Kier alpha value is -2.77. The molecule has 0 bridgehead atoms. The van der Waals surface area contributed by atoms with Crippen molar-refractivity contribution in [1.82, 2.24) is 25.4 Å². The predicted octanol–water partition coefficient (Wildman–Crippen LogP) is 1.67. The van der Waals surface area contributed by atoms with Crippen LogP contribution in [0.15, 0.2) is 18.2 Å². The van der Waals surface area contributed by atoms with Gasteiger partial charge in [0.05, 0.1) is 20.8 Å². The first-order chi connectivity index (χ1) is 12.7. The van der Waals surface area contributed by atoms with E-state index in [0.29, 0.717) is 31.0 Å². The molecule has 0 radical (unpaired) electrons. The average Bonchev–Trinajstić information content (AvgIpc) is 3.09. The Morgan fingerprint density at radius 3 is 2.81 bits per heavy atom. The summed E-state index contributed by atoms with van der Waals surface area (Å²) in [5.41, 5.74) is 1.06. The summed E-state index contributed by atoms with van der Waals surface area (Å²) >= 11 is 0. The van der Waals surface area contributed by atoms with Crippen LogP contribution >= 0.6 is 0 Å². The second-order valence-electron chi connectivity index (χ2n) is 6.19. The van der Waals surface area contributed by atoms with Crippen molar-refractivity contribution in [2.45, 2.75) is 38.8 Å². The van der Waals surface area contributed by atoms with Gasteiger partial charge < -0.3 is 24.7 Å². The maximum Gasteiger partial charge on any atom is 0.315 e. The molecule has 0 spiro atoms. The highest BCUT2D eigenvalue weighted by Gasteiger charge is 2.15. The minimum Gasteiger partial charge on any atom is -0.493 e. The molecule has 0 unspecified atom stereocenters. The van der Waals surface area contributed by atoms with Gasteiger partial charge in [-0.05, 0) is 37.0 Å². The van der Waals surface area contributed by atoms with E-state index in [9.17, 15) is 4.79 Å². The first-order valence-electron chi connectivity index (χ1n) is 8.85. The highest BCUT2D eigenvalue weighted by Crippen LogP contribution is 2.27. The van der Waals surface area contributed by atoms with E-state index in [0.717, 1.165) is 43.0 Å². The molecule has 0 saturated carbocycles. The molecule has 26 heavy (non-hydrogen) atoms. The van der Waals surface area contributed by atoms with Gasteiger partial charge >= 0.3 is 6.03 Å². The van der Waals surface area contributed by atoms with Gasteiger partial charge in [-0.3, -0.25) is 0 Å². The number of methoxy groups -OCH3 is 2. The van der Waals surface area contributed by atoms with Gasteiger partial charge in [0, 0.05) is 19.5 Å². The molecule has 8 nitrogen and oxygen atoms in total. The molecule has 3 rings (SSSR count). The van der Waals surface area contributed by atoms with Gasteiger partial charge in [0.15, 0.2) is 17.3 Å². The van der Waals surface area contributed by atoms with Gasteiger partial charge in [-0.25, -0.2) is 4.79 Å². The zero-order valence-corrected chi connectivity index (χ0v) is 15.2. The fraction of sp³-hybridized carbons (Fsp3) is 0.500. The zero-order valence-electron chi connectivity index (χ0n) is 15.2. The van der Waals surface area contributed by atoms with Crippen LogP contribution in [0.25, 0.3) is 0 Å². The smallest absolute Gasteiger partial charge is 0.315 e. The molecule has 0 aliphatic carbocycles. The minimum atomic E-state index is -0.210. The van der Waals surface area contributed by atoms with Crippen LogP contribution < -0.4 is 20.1 Å². The number of rotatable bonds is 7. The first kappa shape index (κ1) is 18.0. The normalized spacial score (nSPS) is 13.0. The Kier molecular flexibility index (Phi) is 5.93. The summed E-state index contributed by atoms with van der Waals surface area (Å²) in [6.07, 6.45) is 3.95. The lowest BCUT2D eigenvalue weighted by atomic mass is 10.1. The number of hydrogen-bond acceptors (Lipinski definition) is 5. The van der Waals surface area contributed by atoms with E-state index in [1.807, 2.05) is 18.2 Å². The van der Waals surface area contributed by atoms with Gasteiger partial charge in [-0.15, -0.1) is 10.2 Å². The van der Waals surface area contributed by atoms with Gasteiger partial charge in [0.25, 0.3) is 0 Å². The van der Waals surface area contributed by atoms with Gasteiger partial charge in [-0.1, -0.05) is 6.07 Å². The number of amides is 2.